The molecular weight excluding hydrogens is 569 g/mol. The van der Waals surface area contributed by atoms with Crippen molar-refractivity contribution in [1.29, 1.82) is 0 Å². The van der Waals surface area contributed by atoms with Gasteiger partial charge in [0.25, 0.3) is 0 Å². The molecular formula is C46H28O. The SMILES string of the molecule is c1ccc(-c2c3ccccc3c(-c3cccc4c3oc3cc(-c5ccc6ccc7ccccc7c6c5)ccc34)c3ccccc23)cc1. The molecule has 10 rings (SSSR count). The van der Waals surface area contributed by atoms with Gasteiger partial charge in [0.1, 0.15) is 11.2 Å². The summed E-state index contributed by atoms with van der Waals surface area (Å²) < 4.78 is 6.87. The van der Waals surface area contributed by atoms with Crippen LogP contribution in [0.1, 0.15) is 0 Å². The molecule has 1 heteroatoms. The van der Waals surface area contributed by atoms with E-state index in [1.807, 2.05) is 0 Å². The van der Waals surface area contributed by atoms with Gasteiger partial charge in [-0.25, -0.2) is 0 Å². The summed E-state index contributed by atoms with van der Waals surface area (Å²) in [5.41, 5.74) is 8.98. The smallest absolute Gasteiger partial charge is 0.143 e. The van der Waals surface area contributed by atoms with E-state index >= 15 is 0 Å². The maximum absolute atomic E-state index is 6.87. The van der Waals surface area contributed by atoms with Gasteiger partial charge in [-0.3, -0.25) is 0 Å². The van der Waals surface area contributed by atoms with Crippen molar-refractivity contribution in [3.05, 3.63) is 170 Å². The third-order valence-electron chi connectivity index (χ3n) is 9.84. The zero-order chi connectivity index (χ0) is 30.9. The van der Waals surface area contributed by atoms with Gasteiger partial charge in [0.05, 0.1) is 0 Å². The highest BCUT2D eigenvalue weighted by Crippen LogP contribution is 2.46. The largest absolute Gasteiger partial charge is 0.455 e. The van der Waals surface area contributed by atoms with Crippen molar-refractivity contribution in [3.63, 3.8) is 0 Å². The molecule has 0 radical (unpaired) electrons. The van der Waals surface area contributed by atoms with Gasteiger partial charge in [0, 0.05) is 21.9 Å². The maximum Gasteiger partial charge on any atom is 0.143 e. The highest BCUT2D eigenvalue weighted by atomic mass is 16.3. The number of benzene rings is 9. The van der Waals surface area contributed by atoms with Crippen LogP contribution in [0.5, 0.6) is 0 Å². The number of hydrogen-bond acceptors (Lipinski definition) is 1. The van der Waals surface area contributed by atoms with E-state index in [-0.39, 0.29) is 0 Å². The van der Waals surface area contributed by atoms with Crippen molar-refractivity contribution in [2.24, 2.45) is 0 Å². The van der Waals surface area contributed by atoms with Crippen LogP contribution >= 0.6 is 0 Å². The molecule has 0 aliphatic carbocycles. The van der Waals surface area contributed by atoms with E-state index in [0.29, 0.717) is 0 Å². The second-order valence-corrected chi connectivity index (χ2v) is 12.4. The van der Waals surface area contributed by atoms with Crippen molar-refractivity contribution < 1.29 is 4.42 Å². The molecule has 0 amide bonds. The molecule has 218 valence electrons. The highest BCUT2D eigenvalue weighted by molar-refractivity contribution is 6.24. The van der Waals surface area contributed by atoms with Crippen LogP contribution in [0.3, 0.4) is 0 Å². The molecule has 0 aliphatic heterocycles. The second-order valence-electron chi connectivity index (χ2n) is 12.4. The minimum absolute atomic E-state index is 0.900. The van der Waals surface area contributed by atoms with Crippen molar-refractivity contribution in [1.82, 2.24) is 0 Å². The zero-order valence-electron chi connectivity index (χ0n) is 25.6. The summed E-state index contributed by atoms with van der Waals surface area (Å²) in [5.74, 6) is 0. The normalized spacial score (nSPS) is 11.8. The molecule has 1 nitrogen and oxygen atoms in total. The van der Waals surface area contributed by atoms with Gasteiger partial charge in [-0.1, -0.05) is 152 Å². The van der Waals surface area contributed by atoms with Crippen molar-refractivity contribution >= 4 is 65.0 Å². The van der Waals surface area contributed by atoms with Crippen molar-refractivity contribution in [2.45, 2.75) is 0 Å². The van der Waals surface area contributed by atoms with Crippen LogP contribution in [-0.4, -0.2) is 0 Å². The average Bonchev–Trinajstić information content (AvgIpc) is 3.52. The molecule has 0 spiro atoms. The predicted octanol–water partition coefficient (Wildman–Crippen LogP) is 13.2. The van der Waals surface area contributed by atoms with E-state index in [9.17, 15) is 0 Å². The Morgan fingerprint density at radius 2 is 0.851 bits per heavy atom. The Labute approximate surface area is 271 Å². The van der Waals surface area contributed by atoms with Gasteiger partial charge in [0.2, 0.25) is 0 Å². The van der Waals surface area contributed by atoms with E-state index in [2.05, 4.69) is 170 Å². The van der Waals surface area contributed by atoms with Gasteiger partial charge in [0.15, 0.2) is 0 Å². The first kappa shape index (κ1) is 26.1. The predicted molar refractivity (Wildman–Crippen MR) is 200 cm³/mol. The molecule has 0 atom stereocenters. The summed E-state index contributed by atoms with van der Waals surface area (Å²) in [5, 5.41) is 12.3. The number of rotatable bonds is 3. The lowest BCUT2D eigenvalue weighted by atomic mass is 9.85. The quantitative estimate of drug-likeness (QED) is 0.146. The van der Waals surface area contributed by atoms with Gasteiger partial charge >= 0.3 is 0 Å². The van der Waals surface area contributed by atoms with E-state index in [0.717, 1.165) is 33.1 Å². The molecule has 0 aliphatic rings. The average molecular weight is 597 g/mol. The minimum atomic E-state index is 0.900. The summed E-state index contributed by atoms with van der Waals surface area (Å²) in [6.45, 7) is 0. The molecule has 10 aromatic rings. The minimum Gasteiger partial charge on any atom is -0.455 e. The fourth-order valence-electron chi connectivity index (χ4n) is 7.69. The zero-order valence-corrected chi connectivity index (χ0v) is 25.6. The number of hydrogen-bond donors (Lipinski definition) is 0. The summed E-state index contributed by atoms with van der Waals surface area (Å²) in [7, 11) is 0. The van der Waals surface area contributed by atoms with Crippen LogP contribution < -0.4 is 0 Å². The molecule has 47 heavy (non-hydrogen) atoms. The molecule has 0 fully saturated rings. The summed E-state index contributed by atoms with van der Waals surface area (Å²) in [6, 6.07) is 61.4. The van der Waals surface area contributed by atoms with Gasteiger partial charge in [-0.15, -0.1) is 0 Å². The van der Waals surface area contributed by atoms with Crippen LogP contribution in [0, 0.1) is 0 Å². The number of fused-ring (bicyclic) bond motifs is 8. The molecule has 0 saturated heterocycles. The lowest BCUT2D eigenvalue weighted by Crippen LogP contribution is -1.90. The van der Waals surface area contributed by atoms with E-state index in [4.69, 9.17) is 4.42 Å². The van der Waals surface area contributed by atoms with Gasteiger partial charge in [-0.05, 0) is 83.5 Å². The second kappa shape index (κ2) is 10.2. The third-order valence-corrected chi connectivity index (χ3v) is 9.84. The van der Waals surface area contributed by atoms with Crippen LogP contribution in [0.2, 0.25) is 0 Å². The summed E-state index contributed by atoms with van der Waals surface area (Å²) in [6.07, 6.45) is 0. The van der Waals surface area contributed by atoms with Crippen LogP contribution in [0.25, 0.3) is 98.4 Å². The Morgan fingerprint density at radius 3 is 1.60 bits per heavy atom. The Hall–Kier alpha value is -6.18. The molecule has 1 aromatic heterocycles. The first-order valence-electron chi connectivity index (χ1n) is 16.2. The van der Waals surface area contributed by atoms with Crippen LogP contribution in [0.15, 0.2) is 174 Å². The molecule has 0 unspecified atom stereocenters. The lowest BCUT2D eigenvalue weighted by molar-refractivity contribution is 0.670. The standard InChI is InChI=1S/C46H28O/c1-2-12-31(13-3-1)44-36-15-6-8-17-38(36)45(39-18-9-7-16-37(39)44)41-20-10-19-40-35-26-25-33(28-43(35)47-46(40)41)32-24-23-30-22-21-29-11-4-5-14-34(29)42(30)27-32/h1-28H. The maximum atomic E-state index is 6.87. The fraction of sp³-hybridized carbons (Fsp3) is 0. The number of furan rings is 1. The Kier molecular flexibility index (Phi) is 5.64. The first-order chi connectivity index (χ1) is 23.3. The Morgan fingerprint density at radius 1 is 0.298 bits per heavy atom. The Bertz CT molecular complexity index is 2780. The molecule has 9 aromatic carbocycles. The van der Waals surface area contributed by atoms with E-state index in [1.54, 1.807) is 0 Å². The third kappa shape index (κ3) is 3.97. The molecule has 0 saturated carbocycles. The van der Waals surface area contributed by atoms with Crippen molar-refractivity contribution in [2.75, 3.05) is 0 Å². The highest BCUT2D eigenvalue weighted by Gasteiger charge is 2.20. The fourth-order valence-corrected chi connectivity index (χ4v) is 7.69. The Balaban J connectivity index is 1.21. The van der Waals surface area contributed by atoms with Crippen LogP contribution in [0.4, 0.5) is 0 Å². The summed E-state index contributed by atoms with van der Waals surface area (Å²) >= 11 is 0. The van der Waals surface area contributed by atoms with Crippen LogP contribution in [-0.2, 0) is 0 Å². The summed E-state index contributed by atoms with van der Waals surface area (Å²) in [4.78, 5) is 0. The molecule has 1 heterocycles. The monoisotopic (exact) mass is 596 g/mol. The van der Waals surface area contributed by atoms with Crippen molar-refractivity contribution in [3.8, 4) is 33.4 Å². The lowest BCUT2D eigenvalue weighted by Gasteiger charge is -2.17. The van der Waals surface area contributed by atoms with E-state index < -0.39 is 0 Å². The first-order valence-corrected chi connectivity index (χ1v) is 16.2. The van der Waals surface area contributed by atoms with Gasteiger partial charge in [-0.2, -0.15) is 0 Å². The number of para-hydroxylation sites is 1. The molecule has 0 bridgehead atoms. The van der Waals surface area contributed by atoms with E-state index in [1.165, 1.54) is 65.3 Å². The topological polar surface area (TPSA) is 13.1 Å². The molecule has 0 N–H and O–H groups in total. The van der Waals surface area contributed by atoms with Gasteiger partial charge < -0.3 is 4.42 Å².